The van der Waals surface area contributed by atoms with Crippen molar-refractivity contribution >= 4 is 28.9 Å². The third kappa shape index (κ3) is 8.49. The number of likely N-dealkylation sites (tertiary alicyclic amines) is 1. The van der Waals surface area contributed by atoms with Crippen LogP contribution in [0.25, 0.3) is 0 Å². The largest absolute Gasteiger partial charge is 0.462 e. The molecule has 4 N–H and O–H groups in total. The number of carbonyl (C=O) groups excluding carboxylic acids is 2. The number of amides is 1. The van der Waals surface area contributed by atoms with E-state index in [0.29, 0.717) is 50.9 Å². The zero-order chi connectivity index (χ0) is 30.3. The topological polar surface area (TPSA) is 124 Å². The van der Waals surface area contributed by atoms with Gasteiger partial charge in [0.1, 0.15) is 12.3 Å². The molecule has 1 saturated carbocycles. The summed E-state index contributed by atoms with van der Waals surface area (Å²) in [4.78, 5) is 26.4. The van der Waals surface area contributed by atoms with E-state index in [1.54, 1.807) is 24.0 Å². The lowest BCUT2D eigenvalue weighted by atomic mass is 9.92. The summed E-state index contributed by atoms with van der Waals surface area (Å²) in [5, 5.41) is 24.2. The minimum atomic E-state index is -4.75. The summed E-state index contributed by atoms with van der Waals surface area (Å²) in [5.41, 5.74) is -0.268. The van der Waals surface area contributed by atoms with Gasteiger partial charge in [-0.1, -0.05) is 0 Å². The quantitative estimate of drug-likeness (QED) is 0.214. The maximum Gasteiger partial charge on any atom is 0.418 e. The van der Waals surface area contributed by atoms with Crippen LogP contribution >= 0.6 is 0 Å². The van der Waals surface area contributed by atoms with Gasteiger partial charge in [-0.25, -0.2) is 4.79 Å². The van der Waals surface area contributed by atoms with Gasteiger partial charge < -0.3 is 25.0 Å². The Morgan fingerprint density at radius 3 is 2.12 bits per heavy atom. The van der Waals surface area contributed by atoms with Crippen molar-refractivity contribution in [2.24, 2.45) is 0 Å². The van der Waals surface area contributed by atoms with Gasteiger partial charge in [-0.3, -0.25) is 15.2 Å². The van der Waals surface area contributed by atoms with Crippen molar-refractivity contribution in [2.45, 2.75) is 69.8 Å². The van der Waals surface area contributed by atoms with Crippen molar-refractivity contribution < 1.29 is 42.6 Å². The van der Waals surface area contributed by atoms with Crippen molar-refractivity contribution in [3.05, 3.63) is 53.6 Å². The summed E-state index contributed by atoms with van der Waals surface area (Å²) in [7, 11) is 0. The van der Waals surface area contributed by atoms with Gasteiger partial charge in [0.05, 0.1) is 23.8 Å². The van der Waals surface area contributed by atoms with Crippen molar-refractivity contribution in [2.75, 3.05) is 42.2 Å². The Kier molecular flexibility index (Phi) is 10.5. The second-order valence-electron chi connectivity index (χ2n) is 10.5. The highest BCUT2D eigenvalue weighted by Crippen LogP contribution is 2.38. The summed E-state index contributed by atoms with van der Waals surface area (Å²) in [6.45, 7) is 3.30. The molecule has 2 fully saturated rings. The van der Waals surface area contributed by atoms with Crippen LogP contribution in [0.3, 0.4) is 0 Å². The molecule has 1 aliphatic heterocycles. The fourth-order valence-electron chi connectivity index (χ4n) is 5.34. The molecule has 230 valence electrons. The highest BCUT2D eigenvalue weighted by atomic mass is 19.4. The molecule has 13 heteroatoms. The molecule has 1 saturated heterocycles. The zero-order valence-corrected chi connectivity index (χ0v) is 23.4. The third-order valence-corrected chi connectivity index (χ3v) is 7.62. The monoisotopic (exact) mass is 594 g/mol. The zero-order valence-electron chi connectivity index (χ0n) is 23.4. The summed E-state index contributed by atoms with van der Waals surface area (Å²) >= 11 is 0. The molecule has 10 nitrogen and oxygen atoms in total. The van der Waals surface area contributed by atoms with Crippen LogP contribution in [0, 0.1) is 0 Å². The molecule has 1 aliphatic carbocycles. The predicted molar refractivity (Wildman–Crippen MR) is 149 cm³/mol. The van der Waals surface area contributed by atoms with E-state index in [9.17, 15) is 22.8 Å². The number of ether oxygens (including phenoxy) is 2. The minimum absolute atomic E-state index is 0.00853. The van der Waals surface area contributed by atoms with Gasteiger partial charge in [-0.2, -0.15) is 13.2 Å². The lowest BCUT2D eigenvalue weighted by molar-refractivity contribution is -0.140. The first-order valence-corrected chi connectivity index (χ1v) is 14.1. The van der Waals surface area contributed by atoms with Gasteiger partial charge in [-0.05, 0) is 87.9 Å². The van der Waals surface area contributed by atoms with Crippen LogP contribution in [-0.2, 0) is 20.4 Å². The Bertz CT molecular complexity index is 1190. The number of esters is 1. The molecule has 0 unspecified atom stereocenters. The fourth-order valence-corrected chi connectivity index (χ4v) is 5.34. The molecule has 0 bridgehead atoms. The molecular weight excluding hydrogens is 557 g/mol. The molecule has 42 heavy (non-hydrogen) atoms. The Balaban J connectivity index is 1.16. The number of nitrogens with zero attached hydrogens (tertiary/aromatic N) is 2. The van der Waals surface area contributed by atoms with Crippen LogP contribution in [0.1, 0.15) is 61.4 Å². The average Bonchev–Trinajstić information content (AvgIpc) is 2.97. The molecular formula is C29H37F3N4O6. The number of rotatable bonds is 10. The number of nitrogens with one attached hydrogen (secondary N) is 2. The molecule has 2 aromatic carbocycles. The molecule has 2 aromatic rings. The summed E-state index contributed by atoms with van der Waals surface area (Å²) in [6, 6.07) is 10.5. The minimum Gasteiger partial charge on any atom is -0.462 e. The number of anilines is 3. The fraction of sp³-hybridized carbons (Fsp3) is 0.517. The Labute approximate surface area is 242 Å². The first kappa shape index (κ1) is 31.4. The molecule has 1 amide bonds. The van der Waals surface area contributed by atoms with Gasteiger partial charge in [0.2, 0.25) is 5.91 Å². The maximum atomic E-state index is 13.3. The predicted octanol–water partition coefficient (Wildman–Crippen LogP) is 5.31. The first-order chi connectivity index (χ1) is 20.0. The van der Waals surface area contributed by atoms with E-state index in [0.717, 1.165) is 30.7 Å². The van der Waals surface area contributed by atoms with Crippen LogP contribution in [0.4, 0.5) is 30.2 Å². The van der Waals surface area contributed by atoms with E-state index in [1.165, 1.54) is 6.07 Å². The van der Waals surface area contributed by atoms with Crippen LogP contribution in [-0.4, -0.2) is 71.7 Å². The van der Waals surface area contributed by atoms with Gasteiger partial charge in [0.25, 0.3) is 0 Å². The highest BCUT2D eigenvalue weighted by molar-refractivity contribution is 5.89. The number of piperidine rings is 1. The highest BCUT2D eigenvalue weighted by Gasteiger charge is 2.35. The lowest BCUT2D eigenvalue weighted by Crippen LogP contribution is -2.44. The number of hydrogen-bond donors (Lipinski definition) is 4. The number of alkyl halides is 3. The van der Waals surface area contributed by atoms with Gasteiger partial charge in [0, 0.05) is 36.5 Å². The standard InChI is InChI=1S/C29H37F3N4O6/c1-2-41-28(38)19-3-5-20(6-4-19)33-22-13-15-35(16-14-22)27(37)18-42-24-10-7-21(8-11-24)34-23-9-12-26(36(39)40)25(17-23)29(30,31)32/h3-6,9,12,17,21-22,24,33-34,39-40H,2,7-8,10-11,13-16,18H2,1H3. The van der Waals surface area contributed by atoms with Crippen molar-refractivity contribution in [3.8, 4) is 0 Å². The van der Waals surface area contributed by atoms with E-state index in [1.807, 2.05) is 12.1 Å². The number of carbonyl (C=O) groups is 2. The van der Waals surface area contributed by atoms with Crippen molar-refractivity contribution in [1.82, 2.24) is 4.90 Å². The Hall–Kier alpha value is -3.55. The second-order valence-corrected chi connectivity index (χ2v) is 10.5. The summed E-state index contributed by atoms with van der Waals surface area (Å²) in [5.74, 6) is -0.411. The average molecular weight is 595 g/mol. The Morgan fingerprint density at radius 1 is 0.929 bits per heavy atom. The maximum absolute atomic E-state index is 13.3. The van der Waals surface area contributed by atoms with Crippen LogP contribution in [0.15, 0.2) is 42.5 Å². The molecule has 0 spiro atoms. The summed E-state index contributed by atoms with van der Waals surface area (Å²) < 4.78 is 50.9. The number of benzene rings is 2. The SMILES string of the molecule is CCOC(=O)c1ccc(NC2CCN(C(=O)COC3CCC(Nc4ccc(N(O)O)c(C(F)(F)F)c4)CC3)CC2)cc1. The van der Waals surface area contributed by atoms with E-state index >= 15 is 0 Å². The van der Waals surface area contributed by atoms with E-state index in [2.05, 4.69) is 10.6 Å². The molecule has 4 rings (SSSR count). The van der Waals surface area contributed by atoms with Gasteiger partial charge in [-0.15, -0.1) is 5.23 Å². The van der Waals surface area contributed by atoms with Crippen molar-refractivity contribution in [3.63, 3.8) is 0 Å². The molecule has 1 heterocycles. The molecule has 0 aromatic heterocycles. The van der Waals surface area contributed by atoms with Crippen LogP contribution in [0.2, 0.25) is 0 Å². The number of hydrogen-bond acceptors (Lipinski definition) is 9. The van der Waals surface area contributed by atoms with Crippen LogP contribution < -0.4 is 15.9 Å². The smallest absolute Gasteiger partial charge is 0.418 e. The van der Waals surface area contributed by atoms with Crippen molar-refractivity contribution in [1.29, 1.82) is 0 Å². The third-order valence-electron chi connectivity index (χ3n) is 7.62. The Morgan fingerprint density at radius 2 is 1.52 bits per heavy atom. The number of halogens is 3. The van der Waals surface area contributed by atoms with E-state index < -0.39 is 22.7 Å². The lowest BCUT2D eigenvalue weighted by Gasteiger charge is -2.34. The normalized spacial score (nSPS) is 19.7. The molecule has 0 radical (unpaired) electrons. The first-order valence-electron chi connectivity index (χ1n) is 14.1. The molecule has 2 aliphatic rings. The van der Waals surface area contributed by atoms with Crippen LogP contribution in [0.5, 0.6) is 0 Å². The van der Waals surface area contributed by atoms with E-state index in [4.69, 9.17) is 19.9 Å². The summed E-state index contributed by atoms with van der Waals surface area (Å²) in [6.07, 6.45) is -0.637. The molecule has 0 atom stereocenters. The van der Waals surface area contributed by atoms with E-state index in [-0.39, 0.29) is 42.4 Å². The van der Waals surface area contributed by atoms with Gasteiger partial charge in [0.15, 0.2) is 0 Å². The van der Waals surface area contributed by atoms with Gasteiger partial charge >= 0.3 is 12.1 Å². The second kappa shape index (κ2) is 14.1.